The molecule has 1 aromatic carbocycles. The van der Waals surface area contributed by atoms with Gasteiger partial charge < -0.3 is 9.84 Å². The maximum absolute atomic E-state index is 11.8. The van der Waals surface area contributed by atoms with Crippen molar-refractivity contribution in [2.45, 2.75) is 84.0 Å². The first kappa shape index (κ1) is 21.2. The van der Waals surface area contributed by atoms with Gasteiger partial charge in [-0.15, -0.1) is 0 Å². The van der Waals surface area contributed by atoms with E-state index < -0.39 is 5.97 Å². The molecule has 0 aliphatic heterocycles. The van der Waals surface area contributed by atoms with Crippen LogP contribution in [0.5, 0.6) is 5.75 Å². The summed E-state index contributed by atoms with van der Waals surface area (Å²) >= 11 is 0. The van der Waals surface area contributed by atoms with E-state index in [9.17, 15) is 9.59 Å². The third kappa shape index (κ3) is 10.6. The lowest BCUT2D eigenvalue weighted by atomic mass is 10.1. The zero-order chi connectivity index (χ0) is 18.3. The van der Waals surface area contributed by atoms with Gasteiger partial charge in [0.25, 0.3) is 0 Å². The summed E-state index contributed by atoms with van der Waals surface area (Å²) in [4.78, 5) is 22.5. The van der Waals surface area contributed by atoms with Crippen LogP contribution in [0.25, 0.3) is 0 Å². The van der Waals surface area contributed by atoms with Crippen LogP contribution in [0.4, 0.5) is 0 Å². The highest BCUT2D eigenvalue weighted by Gasteiger charge is 2.06. The van der Waals surface area contributed by atoms with Gasteiger partial charge in [-0.05, 0) is 30.7 Å². The number of benzene rings is 1. The van der Waals surface area contributed by atoms with Crippen molar-refractivity contribution in [3.8, 4) is 5.75 Å². The molecular formula is C21H32O4. The predicted octanol–water partition coefficient (Wildman–Crippen LogP) is 5.99. The first-order valence-corrected chi connectivity index (χ1v) is 9.67. The Morgan fingerprint density at radius 2 is 1.28 bits per heavy atom. The average molecular weight is 348 g/mol. The van der Waals surface area contributed by atoms with Crippen LogP contribution in [0.15, 0.2) is 24.3 Å². The van der Waals surface area contributed by atoms with E-state index in [1.807, 2.05) is 0 Å². The molecule has 0 saturated carbocycles. The zero-order valence-corrected chi connectivity index (χ0v) is 15.5. The van der Waals surface area contributed by atoms with E-state index in [1.165, 1.54) is 82.1 Å². The lowest BCUT2D eigenvalue weighted by molar-refractivity contribution is -0.134. The van der Waals surface area contributed by atoms with Gasteiger partial charge in [-0.25, -0.2) is 4.79 Å². The Hall–Kier alpha value is -1.84. The summed E-state index contributed by atoms with van der Waals surface area (Å²) in [6.07, 6.45) is 14.1. The number of ether oxygens (including phenoxy) is 1. The Labute approximate surface area is 151 Å². The van der Waals surface area contributed by atoms with Crippen LogP contribution in [0, 0.1) is 0 Å². The third-order valence-corrected chi connectivity index (χ3v) is 4.32. The van der Waals surface area contributed by atoms with Crippen LogP contribution in [0.3, 0.4) is 0 Å². The van der Waals surface area contributed by atoms with Crippen molar-refractivity contribution >= 4 is 11.9 Å². The summed E-state index contributed by atoms with van der Waals surface area (Å²) in [5.74, 6) is -0.837. The van der Waals surface area contributed by atoms with Crippen molar-refractivity contribution in [3.05, 3.63) is 29.8 Å². The smallest absolute Gasteiger partial charge is 0.335 e. The molecule has 0 aromatic heterocycles. The summed E-state index contributed by atoms with van der Waals surface area (Å²) in [6.45, 7) is 2.24. The van der Waals surface area contributed by atoms with Crippen LogP contribution >= 0.6 is 0 Å². The molecule has 0 aliphatic rings. The molecule has 0 saturated heterocycles. The number of esters is 1. The van der Waals surface area contributed by atoms with Gasteiger partial charge in [0, 0.05) is 6.42 Å². The molecule has 0 radical (unpaired) electrons. The predicted molar refractivity (Wildman–Crippen MR) is 100 cm³/mol. The fourth-order valence-electron chi connectivity index (χ4n) is 2.78. The molecule has 0 atom stereocenters. The molecule has 0 unspecified atom stereocenters. The molecule has 4 heteroatoms. The Balaban J connectivity index is 1.99. The maximum atomic E-state index is 11.8. The average Bonchev–Trinajstić information content (AvgIpc) is 2.60. The van der Waals surface area contributed by atoms with Crippen molar-refractivity contribution in [2.24, 2.45) is 0 Å². The third-order valence-electron chi connectivity index (χ3n) is 4.32. The molecule has 1 aromatic rings. The topological polar surface area (TPSA) is 63.6 Å². The van der Waals surface area contributed by atoms with Gasteiger partial charge in [-0.3, -0.25) is 4.79 Å². The van der Waals surface area contributed by atoms with Gasteiger partial charge in [0.2, 0.25) is 0 Å². The van der Waals surface area contributed by atoms with E-state index in [2.05, 4.69) is 6.92 Å². The first-order chi connectivity index (χ1) is 12.1. The van der Waals surface area contributed by atoms with Gasteiger partial charge in [0.05, 0.1) is 5.56 Å². The molecule has 25 heavy (non-hydrogen) atoms. The summed E-state index contributed by atoms with van der Waals surface area (Å²) in [5, 5.41) is 8.82. The van der Waals surface area contributed by atoms with Crippen molar-refractivity contribution in [1.29, 1.82) is 0 Å². The van der Waals surface area contributed by atoms with Crippen LogP contribution in [-0.2, 0) is 4.79 Å². The quantitative estimate of drug-likeness (QED) is 0.255. The lowest BCUT2D eigenvalue weighted by Crippen LogP contribution is -2.07. The highest BCUT2D eigenvalue weighted by Crippen LogP contribution is 2.15. The molecule has 0 aliphatic carbocycles. The molecule has 0 bridgehead atoms. The van der Waals surface area contributed by atoms with Crippen LogP contribution in [-0.4, -0.2) is 17.0 Å². The Morgan fingerprint density at radius 3 is 1.76 bits per heavy atom. The molecule has 0 fully saturated rings. The van der Waals surface area contributed by atoms with Gasteiger partial charge >= 0.3 is 11.9 Å². The van der Waals surface area contributed by atoms with E-state index >= 15 is 0 Å². The highest BCUT2D eigenvalue weighted by molar-refractivity contribution is 5.87. The Morgan fingerprint density at radius 1 is 0.800 bits per heavy atom. The second-order valence-electron chi connectivity index (χ2n) is 6.59. The number of carbonyl (C=O) groups excluding carboxylic acids is 1. The van der Waals surface area contributed by atoms with Crippen LogP contribution in [0.1, 0.15) is 94.3 Å². The Kier molecular flexibility index (Phi) is 11.4. The van der Waals surface area contributed by atoms with Crippen molar-refractivity contribution in [2.75, 3.05) is 0 Å². The normalized spacial score (nSPS) is 10.6. The maximum Gasteiger partial charge on any atom is 0.335 e. The van der Waals surface area contributed by atoms with E-state index in [-0.39, 0.29) is 11.5 Å². The van der Waals surface area contributed by atoms with Crippen molar-refractivity contribution in [1.82, 2.24) is 0 Å². The van der Waals surface area contributed by atoms with Gasteiger partial charge in [-0.2, -0.15) is 0 Å². The second-order valence-corrected chi connectivity index (χ2v) is 6.59. The van der Waals surface area contributed by atoms with E-state index in [0.29, 0.717) is 12.2 Å². The summed E-state index contributed by atoms with van der Waals surface area (Å²) < 4.78 is 5.21. The molecule has 4 nitrogen and oxygen atoms in total. The minimum Gasteiger partial charge on any atom is -0.478 e. The van der Waals surface area contributed by atoms with Gasteiger partial charge in [-0.1, -0.05) is 71.1 Å². The molecule has 0 amide bonds. The fourth-order valence-corrected chi connectivity index (χ4v) is 2.78. The zero-order valence-electron chi connectivity index (χ0n) is 15.5. The molecule has 0 heterocycles. The standard InChI is InChI=1S/C21H32O4/c1-2-3-4-5-6-7-8-9-10-11-12-13-20(22)25-19-16-14-18(15-17-19)21(23)24/h14-17H,2-13H2,1H3,(H,23,24). The lowest BCUT2D eigenvalue weighted by Gasteiger charge is -2.05. The number of carbonyl (C=O) groups is 2. The largest absolute Gasteiger partial charge is 0.478 e. The first-order valence-electron chi connectivity index (χ1n) is 9.67. The van der Waals surface area contributed by atoms with E-state index in [0.717, 1.165) is 12.8 Å². The molecule has 140 valence electrons. The minimum atomic E-state index is -0.987. The molecule has 1 N–H and O–H groups in total. The summed E-state index contributed by atoms with van der Waals surface area (Å²) in [5.41, 5.74) is 0.185. The highest BCUT2D eigenvalue weighted by atomic mass is 16.5. The van der Waals surface area contributed by atoms with Gasteiger partial charge in [0.15, 0.2) is 0 Å². The number of hydrogen-bond donors (Lipinski definition) is 1. The summed E-state index contributed by atoms with van der Waals surface area (Å²) in [6, 6.07) is 5.91. The summed E-state index contributed by atoms with van der Waals surface area (Å²) in [7, 11) is 0. The number of aromatic carboxylic acids is 1. The monoisotopic (exact) mass is 348 g/mol. The van der Waals surface area contributed by atoms with E-state index in [4.69, 9.17) is 9.84 Å². The number of hydrogen-bond acceptors (Lipinski definition) is 3. The number of carboxylic acids is 1. The fraction of sp³-hybridized carbons (Fsp3) is 0.619. The molecule has 0 spiro atoms. The Bertz CT molecular complexity index is 493. The minimum absolute atomic E-state index is 0.185. The van der Waals surface area contributed by atoms with Crippen molar-refractivity contribution in [3.63, 3.8) is 0 Å². The number of unbranched alkanes of at least 4 members (excludes halogenated alkanes) is 10. The second kappa shape index (κ2) is 13.5. The van der Waals surface area contributed by atoms with Gasteiger partial charge in [0.1, 0.15) is 5.75 Å². The molecular weight excluding hydrogens is 316 g/mol. The van der Waals surface area contributed by atoms with Crippen LogP contribution < -0.4 is 4.74 Å². The van der Waals surface area contributed by atoms with E-state index in [1.54, 1.807) is 0 Å². The number of rotatable bonds is 14. The number of carboxylic acid groups (broad SMARTS) is 1. The van der Waals surface area contributed by atoms with Crippen LogP contribution in [0.2, 0.25) is 0 Å². The van der Waals surface area contributed by atoms with Crippen molar-refractivity contribution < 1.29 is 19.4 Å². The SMILES string of the molecule is CCCCCCCCCCCCCC(=O)Oc1ccc(C(=O)O)cc1. The molecule has 1 rings (SSSR count).